The van der Waals surface area contributed by atoms with Gasteiger partial charge in [-0.2, -0.15) is 0 Å². The number of amides is 2. The molecule has 3 aromatic carbocycles. The summed E-state index contributed by atoms with van der Waals surface area (Å²) in [7, 11) is -2.76. The Balaban J connectivity index is 2.06. The van der Waals surface area contributed by atoms with E-state index >= 15 is 0 Å². The molecule has 0 aromatic heterocycles. The molecule has 0 aliphatic carbocycles. The van der Waals surface area contributed by atoms with Gasteiger partial charge in [0, 0.05) is 18.1 Å². The van der Waals surface area contributed by atoms with E-state index in [1.54, 1.807) is 42.5 Å². The van der Waals surface area contributed by atoms with Crippen LogP contribution in [0.1, 0.15) is 44.2 Å². The first kappa shape index (κ1) is 33.2. The second-order valence-electron chi connectivity index (χ2n) is 9.86. The van der Waals surface area contributed by atoms with Gasteiger partial charge in [-0.3, -0.25) is 13.9 Å². The zero-order valence-electron chi connectivity index (χ0n) is 24.3. The number of ether oxygens (including phenoxy) is 1. The summed E-state index contributed by atoms with van der Waals surface area (Å²) in [6.45, 7) is 5.69. The van der Waals surface area contributed by atoms with Crippen molar-refractivity contribution in [1.82, 2.24) is 10.2 Å². The summed E-state index contributed by atoms with van der Waals surface area (Å²) in [6, 6.07) is 17.0. The Morgan fingerprint density at radius 2 is 1.64 bits per heavy atom. The van der Waals surface area contributed by atoms with Gasteiger partial charge in [0.05, 0.1) is 22.7 Å². The zero-order valence-corrected chi connectivity index (χ0v) is 26.6. The minimum absolute atomic E-state index is 0.0152. The molecule has 8 nitrogen and oxygen atoms in total. The molecule has 0 aliphatic heterocycles. The van der Waals surface area contributed by atoms with Crippen LogP contribution in [-0.2, 0) is 26.2 Å². The molecule has 0 fully saturated rings. The van der Waals surface area contributed by atoms with Crippen LogP contribution < -0.4 is 14.4 Å². The molecule has 0 radical (unpaired) electrons. The molecule has 3 aromatic rings. The van der Waals surface area contributed by atoms with Crippen molar-refractivity contribution in [3.63, 3.8) is 0 Å². The van der Waals surface area contributed by atoms with Gasteiger partial charge < -0.3 is 15.0 Å². The molecule has 0 heterocycles. The van der Waals surface area contributed by atoms with E-state index in [1.807, 2.05) is 20.8 Å². The van der Waals surface area contributed by atoms with Crippen molar-refractivity contribution >= 4 is 50.7 Å². The topological polar surface area (TPSA) is 96.0 Å². The largest absolute Gasteiger partial charge is 0.495 e. The predicted molar refractivity (Wildman–Crippen MR) is 168 cm³/mol. The smallest absolute Gasteiger partial charge is 0.264 e. The molecular weight excluding hydrogens is 597 g/mol. The Bertz CT molecular complexity index is 1460. The van der Waals surface area contributed by atoms with Gasteiger partial charge in [0.25, 0.3) is 10.0 Å². The van der Waals surface area contributed by atoms with Gasteiger partial charge in [-0.05, 0) is 67.8 Å². The van der Waals surface area contributed by atoms with E-state index < -0.39 is 28.5 Å². The number of carbonyl (C=O) groups is 2. The molecule has 11 heteroatoms. The molecule has 2 amide bonds. The lowest BCUT2D eigenvalue weighted by molar-refractivity contribution is -0.140. The second kappa shape index (κ2) is 15.3. The van der Waals surface area contributed by atoms with Gasteiger partial charge in [0.1, 0.15) is 18.3 Å². The number of methoxy groups -OCH3 is 1. The van der Waals surface area contributed by atoms with Crippen LogP contribution in [0, 0.1) is 6.92 Å². The number of sulfonamides is 1. The van der Waals surface area contributed by atoms with Crippen molar-refractivity contribution in [3.05, 3.63) is 87.9 Å². The lowest BCUT2D eigenvalue weighted by Gasteiger charge is -2.33. The molecule has 0 saturated heterocycles. The molecule has 0 aliphatic rings. The Morgan fingerprint density at radius 1 is 0.976 bits per heavy atom. The van der Waals surface area contributed by atoms with Crippen molar-refractivity contribution in [3.8, 4) is 5.75 Å². The number of rotatable bonds is 14. The van der Waals surface area contributed by atoms with Gasteiger partial charge in [0.15, 0.2) is 0 Å². The number of unbranched alkanes of at least 4 members (excludes halogenated alkanes) is 1. The standard InChI is InChI=1S/C31H37Cl2N3O5S/c1-5-7-18-34-31(38)28(6-2)35(20-23-10-12-24(32)13-11-23)30(37)21-36(25-14-17-29(41-4)27(33)19-25)42(39,40)26-15-8-22(3)9-16-26/h8-17,19,28H,5-7,18,20-21H2,1-4H3,(H,34,38). The summed E-state index contributed by atoms with van der Waals surface area (Å²) < 4.78 is 34.3. The number of hydrogen-bond donors (Lipinski definition) is 1. The first-order chi connectivity index (χ1) is 20.0. The maximum absolute atomic E-state index is 14.1. The highest BCUT2D eigenvalue weighted by Gasteiger charge is 2.34. The number of nitrogens with zero attached hydrogens (tertiary/aromatic N) is 2. The Labute approximate surface area is 258 Å². The zero-order chi connectivity index (χ0) is 30.9. The van der Waals surface area contributed by atoms with Crippen molar-refractivity contribution in [2.45, 2.75) is 57.5 Å². The van der Waals surface area contributed by atoms with Gasteiger partial charge in [-0.1, -0.05) is 73.3 Å². The molecule has 42 heavy (non-hydrogen) atoms. The Kier molecular flexibility index (Phi) is 12.1. The lowest BCUT2D eigenvalue weighted by Crippen LogP contribution is -2.52. The van der Waals surface area contributed by atoms with Crippen LogP contribution in [-0.4, -0.2) is 51.4 Å². The first-order valence-corrected chi connectivity index (χ1v) is 16.0. The highest BCUT2D eigenvalue weighted by atomic mass is 35.5. The number of benzene rings is 3. The average molecular weight is 635 g/mol. The van der Waals surface area contributed by atoms with Crippen molar-refractivity contribution in [2.75, 3.05) is 24.5 Å². The van der Waals surface area contributed by atoms with Crippen LogP contribution in [0.5, 0.6) is 5.75 Å². The van der Waals surface area contributed by atoms with E-state index in [9.17, 15) is 18.0 Å². The van der Waals surface area contributed by atoms with Crippen LogP contribution in [0.3, 0.4) is 0 Å². The highest BCUT2D eigenvalue weighted by molar-refractivity contribution is 7.92. The molecule has 1 N–H and O–H groups in total. The maximum atomic E-state index is 14.1. The average Bonchev–Trinajstić information content (AvgIpc) is 2.97. The third kappa shape index (κ3) is 8.40. The van der Waals surface area contributed by atoms with E-state index in [2.05, 4.69) is 5.32 Å². The molecule has 226 valence electrons. The van der Waals surface area contributed by atoms with Crippen molar-refractivity contribution < 1.29 is 22.7 Å². The van der Waals surface area contributed by atoms with Crippen molar-refractivity contribution in [1.29, 1.82) is 0 Å². The summed E-state index contributed by atoms with van der Waals surface area (Å²) >= 11 is 12.5. The molecule has 1 unspecified atom stereocenters. The lowest BCUT2D eigenvalue weighted by atomic mass is 10.1. The van der Waals surface area contributed by atoms with E-state index in [1.165, 1.54) is 36.3 Å². The van der Waals surface area contributed by atoms with E-state index in [0.717, 1.165) is 28.3 Å². The predicted octanol–water partition coefficient (Wildman–Crippen LogP) is 6.23. The highest BCUT2D eigenvalue weighted by Crippen LogP contribution is 2.32. The summed E-state index contributed by atoms with van der Waals surface area (Å²) in [4.78, 5) is 28.8. The maximum Gasteiger partial charge on any atom is 0.264 e. The first-order valence-electron chi connectivity index (χ1n) is 13.8. The monoisotopic (exact) mass is 633 g/mol. The number of halogens is 2. The summed E-state index contributed by atoms with van der Waals surface area (Å²) in [5.74, 6) is -0.489. The number of nitrogens with one attached hydrogen (secondary N) is 1. The fourth-order valence-electron chi connectivity index (χ4n) is 4.39. The van der Waals surface area contributed by atoms with Crippen LogP contribution in [0.4, 0.5) is 5.69 Å². The quantitative estimate of drug-likeness (QED) is 0.212. The molecule has 0 saturated carbocycles. The number of carbonyl (C=O) groups excluding carboxylic acids is 2. The SMILES string of the molecule is CCCCNC(=O)C(CC)N(Cc1ccc(Cl)cc1)C(=O)CN(c1ccc(OC)c(Cl)c1)S(=O)(=O)c1ccc(C)cc1. The fraction of sp³-hybridized carbons (Fsp3) is 0.355. The van der Waals surface area contributed by atoms with E-state index in [-0.39, 0.29) is 28.1 Å². The second-order valence-corrected chi connectivity index (χ2v) is 12.6. The van der Waals surface area contributed by atoms with Gasteiger partial charge >= 0.3 is 0 Å². The van der Waals surface area contributed by atoms with E-state index in [4.69, 9.17) is 27.9 Å². The number of aryl methyl sites for hydroxylation is 1. The summed E-state index contributed by atoms with van der Waals surface area (Å²) in [5, 5.41) is 3.64. The molecular formula is C31H37Cl2N3O5S. The molecule has 0 bridgehead atoms. The summed E-state index contributed by atoms with van der Waals surface area (Å²) in [6.07, 6.45) is 2.03. The Hall–Kier alpha value is -3.27. The van der Waals surface area contributed by atoms with Crippen LogP contribution in [0.25, 0.3) is 0 Å². The van der Waals surface area contributed by atoms with Crippen molar-refractivity contribution in [2.24, 2.45) is 0 Å². The normalized spacial score (nSPS) is 12.0. The van der Waals surface area contributed by atoms with Crippen LogP contribution in [0.2, 0.25) is 10.0 Å². The fourth-order valence-corrected chi connectivity index (χ4v) is 6.17. The van der Waals surface area contributed by atoms with Gasteiger partial charge in [0.2, 0.25) is 11.8 Å². The van der Waals surface area contributed by atoms with Gasteiger partial charge in [-0.25, -0.2) is 8.42 Å². The minimum atomic E-state index is -4.22. The van der Waals surface area contributed by atoms with Gasteiger partial charge in [-0.15, -0.1) is 0 Å². The third-order valence-electron chi connectivity index (χ3n) is 6.79. The molecule has 0 spiro atoms. The summed E-state index contributed by atoms with van der Waals surface area (Å²) in [5.41, 5.74) is 1.81. The van der Waals surface area contributed by atoms with E-state index in [0.29, 0.717) is 23.7 Å². The Morgan fingerprint density at radius 3 is 2.21 bits per heavy atom. The van der Waals surface area contributed by atoms with Crippen LogP contribution >= 0.6 is 23.2 Å². The number of anilines is 1. The molecule has 3 rings (SSSR count). The molecule has 1 atom stereocenters. The minimum Gasteiger partial charge on any atom is -0.495 e. The number of hydrogen-bond acceptors (Lipinski definition) is 5. The third-order valence-corrected chi connectivity index (χ3v) is 9.13. The van der Waals surface area contributed by atoms with Crippen LogP contribution in [0.15, 0.2) is 71.6 Å².